The quantitative estimate of drug-likeness (QED) is 0.337. The van der Waals surface area contributed by atoms with Crippen molar-refractivity contribution in [2.45, 2.75) is 19.4 Å². The molecule has 1 heterocycles. The lowest BCUT2D eigenvalue weighted by Gasteiger charge is -2.19. The van der Waals surface area contributed by atoms with E-state index in [0.717, 1.165) is 14.9 Å². The van der Waals surface area contributed by atoms with Gasteiger partial charge in [0.25, 0.3) is 5.91 Å². The first-order valence-corrected chi connectivity index (χ1v) is 5.14. The van der Waals surface area contributed by atoms with Crippen molar-refractivity contribution in [3.8, 4) is 0 Å². The van der Waals surface area contributed by atoms with Gasteiger partial charge in [-0.1, -0.05) is 6.58 Å². The van der Waals surface area contributed by atoms with Gasteiger partial charge in [-0.15, -0.1) is 0 Å². The fourth-order valence-electron chi connectivity index (χ4n) is 1.15. The van der Waals surface area contributed by atoms with Crippen molar-refractivity contribution in [3.05, 3.63) is 12.7 Å². The summed E-state index contributed by atoms with van der Waals surface area (Å²) < 4.78 is 5.75. The summed E-state index contributed by atoms with van der Waals surface area (Å²) in [4.78, 5) is 35.0. The molecular formula is C9H11BrN2O4. The van der Waals surface area contributed by atoms with Crippen LogP contribution in [-0.4, -0.2) is 39.0 Å². The van der Waals surface area contributed by atoms with Crippen LogP contribution in [0.5, 0.6) is 0 Å². The Labute approximate surface area is 101 Å². The van der Waals surface area contributed by atoms with Gasteiger partial charge in [-0.3, -0.25) is 4.79 Å². The summed E-state index contributed by atoms with van der Waals surface area (Å²) in [5.41, 5.74) is -0.988. The third-order valence-corrected chi connectivity index (χ3v) is 3.35. The average molecular weight is 291 g/mol. The zero-order chi connectivity index (χ0) is 12.5. The highest BCUT2D eigenvalue weighted by molar-refractivity contribution is 9.07. The minimum absolute atomic E-state index is 0.409. The normalized spacial score (nSPS) is 18.9. The van der Waals surface area contributed by atoms with Crippen LogP contribution in [0.25, 0.3) is 0 Å². The molecule has 0 spiro atoms. The summed E-state index contributed by atoms with van der Waals surface area (Å²) in [5, 5.41) is 0. The molecule has 1 fully saturated rings. The van der Waals surface area contributed by atoms with Crippen LogP contribution in [0.4, 0.5) is 4.79 Å². The number of ether oxygens (including phenoxy) is 1. The van der Waals surface area contributed by atoms with E-state index in [1.165, 1.54) is 0 Å². The first-order chi connectivity index (χ1) is 7.32. The van der Waals surface area contributed by atoms with Crippen molar-refractivity contribution in [3.63, 3.8) is 0 Å². The zero-order valence-electron chi connectivity index (χ0n) is 8.90. The number of carbonyl (C=O) groups excluding carboxylic acids is 3. The summed E-state index contributed by atoms with van der Waals surface area (Å²) in [5.74, 6) is -1.13. The average Bonchev–Trinajstić information content (AvgIpc) is 2.39. The molecule has 1 aliphatic rings. The van der Waals surface area contributed by atoms with E-state index in [2.05, 4.69) is 27.5 Å². The van der Waals surface area contributed by atoms with E-state index in [4.69, 9.17) is 0 Å². The summed E-state index contributed by atoms with van der Waals surface area (Å²) >= 11 is 2.99. The molecule has 0 radical (unpaired) electrons. The van der Waals surface area contributed by atoms with E-state index < -0.39 is 30.2 Å². The molecule has 0 aromatic rings. The van der Waals surface area contributed by atoms with Crippen molar-refractivity contribution in [2.24, 2.45) is 0 Å². The Morgan fingerprint density at radius 1 is 1.56 bits per heavy atom. The standard InChI is InChI=1S/C9H11BrN2O4/c1-4-6(13)16-5-11-7(14)9(2,3)12(10)8(11)15/h4H,1,5H2,2-3H3. The van der Waals surface area contributed by atoms with E-state index in [-0.39, 0.29) is 0 Å². The number of halogens is 1. The SMILES string of the molecule is C=CC(=O)OCN1C(=O)N(Br)C(C)(C)C1=O. The summed E-state index contributed by atoms with van der Waals surface area (Å²) in [6, 6.07) is -0.563. The fourth-order valence-corrected chi connectivity index (χ4v) is 1.49. The molecule has 16 heavy (non-hydrogen) atoms. The fraction of sp³-hybridized carbons (Fsp3) is 0.444. The van der Waals surface area contributed by atoms with Crippen molar-refractivity contribution in [1.82, 2.24) is 8.83 Å². The number of esters is 1. The second kappa shape index (κ2) is 4.25. The number of nitrogens with zero attached hydrogens (tertiary/aromatic N) is 2. The maximum Gasteiger partial charge on any atom is 0.340 e. The molecule has 0 N–H and O–H groups in total. The summed E-state index contributed by atoms with van der Waals surface area (Å²) in [6.07, 6.45) is 0.960. The van der Waals surface area contributed by atoms with Gasteiger partial charge in [0.2, 0.25) is 0 Å². The Kier molecular flexibility index (Phi) is 3.37. The molecule has 7 heteroatoms. The molecular weight excluding hydrogens is 280 g/mol. The lowest BCUT2D eigenvalue weighted by Crippen LogP contribution is -2.39. The van der Waals surface area contributed by atoms with Gasteiger partial charge in [-0.25, -0.2) is 18.4 Å². The predicted molar refractivity (Wildman–Crippen MR) is 58.2 cm³/mol. The summed E-state index contributed by atoms with van der Waals surface area (Å²) in [7, 11) is 0. The first-order valence-electron chi connectivity index (χ1n) is 4.43. The Morgan fingerprint density at radius 2 is 2.12 bits per heavy atom. The largest absolute Gasteiger partial charge is 0.440 e. The van der Waals surface area contributed by atoms with Crippen LogP contribution in [-0.2, 0) is 14.3 Å². The third-order valence-electron chi connectivity index (χ3n) is 2.16. The number of amides is 3. The smallest absolute Gasteiger partial charge is 0.340 e. The van der Waals surface area contributed by atoms with Crippen LogP contribution in [0.1, 0.15) is 13.8 Å². The zero-order valence-corrected chi connectivity index (χ0v) is 10.5. The van der Waals surface area contributed by atoms with Crippen LogP contribution in [0.3, 0.4) is 0 Å². The van der Waals surface area contributed by atoms with Crippen LogP contribution < -0.4 is 0 Å². The number of hydrogen-bond donors (Lipinski definition) is 0. The van der Waals surface area contributed by atoms with Gasteiger partial charge in [0.15, 0.2) is 6.73 Å². The molecule has 0 unspecified atom stereocenters. The van der Waals surface area contributed by atoms with E-state index in [1.54, 1.807) is 13.8 Å². The van der Waals surface area contributed by atoms with Gasteiger partial charge < -0.3 is 4.74 Å². The van der Waals surface area contributed by atoms with Crippen LogP contribution in [0.15, 0.2) is 12.7 Å². The molecule has 0 bridgehead atoms. The third kappa shape index (κ3) is 1.95. The van der Waals surface area contributed by atoms with Crippen molar-refractivity contribution in [2.75, 3.05) is 6.73 Å². The minimum Gasteiger partial charge on any atom is -0.440 e. The maximum atomic E-state index is 11.8. The second-order valence-corrected chi connectivity index (χ2v) is 4.36. The van der Waals surface area contributed by atoms with E-state index >= 15 is 0 Å². The lowest BCUT2D eigenvalue weighted by molar-refractivity contribution is -0.145. The predicted octanol–water partition coefficient (Wildman–Crippen LogP) is 1.03. The Balaban J connectivity index is 2.76. The topological polar surface area (TPSA) is 66.9 Å². The van der Waals surface area contributed by atoms with Crippen molar-refractivity contribution >= 4 is 34.1 Å². The number of rotatable bonds is 3. The van der Waals surface area contributed by atoms with Gasteiger partial charge in [0.05, 0.1) is 16.1 Å². The first kappa shape index (κ1) is 12.7. The van der Waals surface area contributed by atoms with Crippen LogP contribution in [0.2, 0.25) is 0 Å². The number of urea groups is 1. The van der Waals surface area contributed by atoms with E-state index in [1.807, 2.05) is 0 Å². The molecule has 0 atom stereocenters. The molecule has 6 nitrogen and oxygen atoms in total. The highest BCUT2D eigenvalue weighted by Crippen LogP contribution is 2.30. The number of hydrogen-bond acceptors (Lipinski definition) is 4. The molecule has 0 aromatic carbocycles. The Bertz CT molecular complexity index is 367. The Morgan fingerprint density at radius 3 is 2.50 bits per heavy atom. The molecule has 0 aromatic heterocycles. The highest BCUT2D eigenvalue weighted by Gasteiger charge is 2.51. The molecule has 88 valence electrons. The highest BCUT2D eigenvalue weighted by atomic mass is 79.9. The van der Waals surface area contributed by atoms with Gasteiger partial charge in [0, 0.05) is 6.08 Å². The van der Waals surface area contributed by atoms with Crippen molar-refractivity contribution in [1.29, 1.82) is 0 Å². The monoisotopic (exact) mass is 290 g/mol. The van der Waals surface area contributed by atoms with Gasteiger partial charge >= 0.3 is 12.0 Å². The van der Waals surface area contributed by atoms with E-state index in [9.17, 15) is 14.4 Å². The van der Waals surface area contributed by atoms with E-state index in [0.29, 0.717) is 0 Å². The molecule has 0 aliphatic carbocycles. The lowest BCUT2D eigenvalue weighted by atomic mass is 10.1. The molecule has 0 saturated carbocycles. The number of carbonyl (C=O) groups is 3. The minimum atomic E-state index is -0.988. The van der Waals surface area contributed by atoms with Crippen LogP contribution in [0, 0.1) is 0 Å². The van der Waals surface area contributed by atoms with Crippen molar-refractivity contribution < 1.29 is 19.1 Å². The van der Waals surface area contributed by atoms with Gasteiger partial charge in [-0.2, -0.15) is 0 Å². The Hall–Kier alpha value is -1.37. The molecule has 1 saturated heterocycles. The van der Waals surface area contributed by atoms with Crippen LogP contribution >= 0.6 is 16.1 Å². The number of imide groups is 1. The van der Waals surface area contributed by atoms with Gasteiger partial charge in [-0.05, 0) is 13.8 Å². The molecule has 1 rings (SSSR count). The van der Waals surface area contributed by atoms with Gasteiger partial charge in [0.1, 0.15) is 5.54 Å². The second-order valence-electron chi connectivity index (χ2n) is 3.65. The molecule has 1 aliphatic heterocycles. The summed E-state index contributed by atoms with van der Waals surface area (Å²) in [6.45, 7) is 5.96. The maximum absolute atomic E-state index is 11.8. The molecule has 3 amide bonds.